The SMILES string of the molecule is Cn1c2c(c3ccccc31)CCN1OCCC[C@@H](C(=O)N=[N+]=[N-])[C@@H]21. The number of hydrogen-bond donors (Lipinski definition) is 0. The van der Waals surface area contributed by atoms with Gasteiger partial charge >= 0.3 is 0 Å². The molecule has 1 aromatic carbocycles. The quantitative estimate of drug-likeness (QED) is 0.458. The summed E-state index contributed by atoms with van der Waals surface area (Å²) in [6.07, 6.45) is 2.33. The summed E-state index contributed by atoms with van der Waals surface area (Å²) < 4.78 is 2.16. The Kier molecular flexibility index (Phi) is 3.76. The van der Waals surface area contributed by atoms with Crippen molar-refractivity contribution in [2.45, 2.75) is 25.3 Å². The van der Waals surface area contributed by atoms with E-state index in [1.807, 2.05) is 24.2 Å². The fourth-order valence-corrected chi connectivity index (χ4v) is 4.18. The maximum absolute atomic E-state index is 12.4. The maximum Gasteiger partial charge on any atom is 0.224 e. The van der Waals surface area contributed by atoms with Crippen LogP contribution < -0.4 is 0 Å². The largest absolute Gasteiger partial charge is 0.346 e. The first-order valence-electron chi connectivity index (χ1n) is 8.27. The number of nitrogens with zero attached hydrogens (tertiary/aromatic N) is 5. The van der Waals surface area contributed by atoms with Gasteiger partial charge in [-0.2, -0.15) is 5.06 Å². The van der Waals surface area contributed by atoms with Crippen LogP contribution in [0.3, 0.4) is 0 Å². The summed E-state index contributed by atoms with van der Waals surface area (Å²) in [5, 5.41) is 6.54. The summed E-state index contributed by atoms with van der Waals surface area (Å²) in [6.45, 7) is 1.33. The highest BCUT2D eigenvalue weighted by Crippen LogP contribution is 2.43. The van der Waals surface area contributed by atoms with Gasteiger partial charge in [0.1, 0.15) is 0 Å². The molecule has 2 atom stereocenters. The van der Waals surface area contributed by atoms with Crippen LogP contribution in [-0.4, -0.2) is 28.7 Å². The van der Waals surface area contributed by atoms with Crippen LogP contribution in [0, 0.1) is 5.92 Å². The Morgan fingerprint density at radius 2 is 2.25 bits per heavy atom. The summed E-state index contributed by atoms with van der Waals surface area (Å²) in [7, 11) is 2.03. The molecular formula is C17H19N5O2. The third kappa shape index (κ3) is 2.21. The molecule has 1 saturated heterocycles. The van der Waals surface area contributed by atoms with E-state index in [1.165, 1.54) is 10.9 Å². The average molecular weight is 325 g/mol. The van der Waals surface area contributed by atoms with Crippen molar-refractivity contribution in [3.63, 3.8) is 0 Å². The molecule has 0 saturated carbocycles. The van der Waals surface area contributed by atoms with E-state index in [-0.39, 0.29) is 12.0 Å². The van der Waals surface area contributed by atoms with Gasteiger partial charge in [-0.05, 0) is 41.5 Å². The van der Waals surface area contributed by atoms with Gasteiger partial charge in [0.05, 0.1) is 12.6 Å². The van der Waals surface area contributed by atoms with Crippen molar-refractivity contribution >= 4 is 16.8 Å². The standard InChI is InChI=1S/C17H19N5O2/c1-21-14-7-3-2-5-11(14)12-8-9-22-16(15(12)21)13(6-4-10-24-22)17(23)19-20-18/h2-3,5,7,13,16H,4,6,8-10H2,1H3/t13-,16+/m1/s1. The number of azide groups is 1. The van der Waals surface area contributed by atoms with Crippen LogP contribution in [0.25, 0.3) is 21.3 Å². The second-order valence-electron chi connectivity index (χ2n) is 6.39. The van der Waals surface area contributed by atoms with E-state index in [0.29, 0.717) is 13.0 Å². The summed E-state index contributed by atoms with van der Waals surface area (Å²) in [4.78, 5) is 21.0. The van der Waals surface area contributed by atoms with Crippen molar-refractivity contribution < 1.29 is 9.63 Å². The monoisotopic (exact) mass is 325 g/mol. The van der Waals surface area contributed by atoms with E-state index in [0.717, 1.165) is 30.6 Å². The van der Waals surface area contributed by atoms with E-state index in [2.05, 4.69) is 26.7 Å². The lowest BCUT2D eigenvalue weighted by molar-refractivity contribution is -0.193. The minimum atomic E-state index is -0.392. The summed E-state index contributed by atoms with van der Waals surface area (Å²) in [5.41, 5.74) is 12.2. The van der Waals surface area contributed by atoms with Crippen LogP contribution in [0.1, 0.15) is 30.1 Å². The topological polar surface area (TPSA) is 83.2 Å². The fourth-order valence-electron chi connectivity index (χ4n) is 4.18. The van der Waals surface area contributed by atoms with Crippen molar-refractivity contribution in [3.8, 4) is 0 Å². The summed E-state index contributed by atoms with van der Waals surface area (Å²) >= 11 is 0. The number of hydroxylamine groups is 2. The zero-order valence-electron chi connectivity index (χ0n) is 13.6. The second kappa shape index (κ2) is 5.94. The summed E-state index contributed by atoms with van der Waals surface area (Å²) in [6, 6.07) is 8.09. The number of amides is 1. The third-order valence-electron chi connectivity index (χ3n) is 5.19. The predicted octanol–water partition coefficient (Wildman–Crippen LogP) is 3.26. The zero-order valence-corrected chi connectivity index (χ0v) is 13.6. The molecule has 0 unspecified atom stereocenters. The Morgan fingerprint density at radius 3 is 3.08 bits per heavy atom. The van der Waals surface area contributed by atoms with Gasteiger partial charge in [0.15, 0.2) is 0 Å². The van der Waals surface area contributed by atoms with Crippen LogP contribution in [0.2, 0.25) is 0 Å². The molecule has 1 fully saturated rings. The van der Waals surface area contributed by atoms with Crippen molar-refractivity contribution in [2.24, 2.45) is 18.1 Å². The molecule has 4 rings (SSSR count). The first kappa shape index (κ1) is 15.2. The van der Waals surface area contributed by atoms with Gasteiger partial charge < -0.3 is 4.57 Å². The van der Waals surface area contributed by atoms with Gasteiger partial charge in [-0.1, -0.05) is 18.2 Å². The Hall–Kier alpha value is -2.34. The number of aromatic nitrogens is 1. The molecule has 124 valence electrons. The number of carbonyl (C=O) groups is 1. The number of rotatable bonds is 1. The Bertz CT molecular complexity index is 852. The number of benzene rings is 1. The lowest BCUT2D eigenvalue weighted by Gasteiger charge is -2.37. The van der Waals surface area contributed by atoms with Gasteiger partial charge in [-0.15, -0.1) is 0 Å². The normalized spacial score (nSPS) is 23.9. The molecule has 2 aromatic rings. The number of hydrogen-bond acceptors (Lipinski definition) is 3. The van der Waals surface area contributed by atoms with Crippen molar-refractivity contribution in [1.29, 1.82) is 0 Å². The number of aryl methyl sites for hydroxylation is 1. The van der Waals surface area contributed by atoms with Crippen LogP contribution >= 0.6 is 0 Å². The Labute approximate surface area is 139 Å². The molecular weight excluding hydrogens is 306 g/mol. The molecule has 0 N–H and O–H groups in total. The predicted molar refractivity (Wildman–Crippen MR) is 88.9 cm³/mol. The second-order valence-corrected chi connectivity index (χ2v) is 6.39. The molecule has 0 radical (unpaired) electrons. The molecule has 0 spiro atoms. The molecule has 7 heteroatoms. The third-order valence-corrected chi connectivity index (χ3v) is 5.19. The van der Waals surface area contributed by atoms with E-state index in [1.54, 1.807) is 0 Å². The van der Waals surface area contributed by atoms with Crippen molar-refractivity contribution in [3.05, 3.63) is 46.0 Å². The van der Waals surface area contributed by atoms with Crippen LogP contribution in [0.4, 0.5) is 0 Å². The number of para-hydroxylation sites is 1. The Balaban J connectivity index is 1.91. The first-order valence-corrected chi connectivity index (χ1v) is 8.27. The van der Waals surface area contributed by atoms with Crippen LogP contribution in [-0.2, 0) is 23.1 Å². The molecule has 24 heavy (non-hydrogen) atoms. The molecule has 0 bridgehead atoms. The van der Waals surface area contributed by atoms with Gasteiger partial charge in [-0.25, -0.2) is 0 Å². The minimum absolute atomic E-state index is 0.202. The van der Waals surface area contributed by atoms with E-state index in [9.17, 15) is 4.79 Å². The lowest BCUT2D eigenvalue weighted by Crippen LogP contribution is -2.40. The molecule has 2 aliphatic heterocycles. The number of fused-ring (bicyclic) bond motifs is 5. The van der Waals surface area contributed by atoms with E-state index >= 15 is 0 Å². The van der Waals surface area contributed by atoms with Gasteiger partial charge in [0.2, 0.25) is 5.91 Å². The Morgan fingerprint density at radius 1 is 1.42 bits per heavy atom. The highest BCUT2D eigenvalue weighted by atomic mass is 16.7. The highest BCUT2D eigenvalue weighted by molar-refractivity contribution is 5.87. The molecule has 2 aliphatic rings. The molecule has 1 aromatic heterocycles. The van der Waals surface area contributed by atoms with Crippen LogP contribution in [0.15, 0.2) is 29.4 Å². The molecule has 0 aliphatic carbocycles. The zero-order chi connectivity index (χ0) is 16.7. The van der Waals surface area contributed by atoms with Gasteiger partial charge in [0.25, 0.3) is 0 Å². The van der Waals surface area contributed by atoms with Gasteiger partial charge in [0, 0.05) is 41.0 Å². The minimum Gasteiger partial charge on any atom is -0.346 e. The van der Waals surface area contributed by atoms with E-state index in [4.69, 9.17) is 10.4 Å². The van der Waals surface area contributed by atoms with Crippen LogP contribution in [0.5, 0.6) is 0 Å². The average Bonchev–Trinajstić information content (AvgIpc) is 2.76. The van der Waals surface area contributed by atoms with Crippen molar-refractivity contribution in [1.82, 2.24) is 9.63 Å². The first-order chi connectivity index (χ1) is 11.7. The molecule has 1 amide bonds. The maximum atomic E-state index is 12.4. The molecule has 7 nitrogen and oxygen atoms in total. The number of carbonyl (C=O) groups excluding carboxylic acids is 1. The fraction of sp³-hybridized carbons (Fsp3) is 0.471. The summed E-state index contributed by atoms with van der Waals surface area (Å²) in [5.74, 6) is -0.762. The van der Waals surface area contributed by atoms with Gasteiger partial charge in [-0.3, -0.25) is 9.63 Å². The molecule has 3 heterocycles. The lowest BCUT2D eigenvalue weighted by atomic mass is 9.86. The smallest absolute Gasteiger partial charge is 0.224 e. The van der Waals surface area contributed by atoms with Crippen molar-refractivity contribution in [2.75, 3.05) is 13.2 Å². The highest BCUT2D eigenvalue weighted by Gasteiger charge is 2.41. The van der Waals surface area contributed by atoms with E-state index < -0.39 is 5.91 Å².